The fourth-order valence-electron chi connectivity index (χ4n) is 1.39. The summed E-state index contributed by atoms with van der Waals surface area (Å²) in [7, 11) is 0. The van der Waals surface area contributed by atoms with Crippen LogP contribution in [-0.4, -0.2) is 5.78 Å². The Kier molecular flexibility index (Phi) is 2.05. The number of halogens is 1. The van der Waals surface area contributed by atoms with Crippen LogP contribution in [0.25, 0.3) is 0 Å². The summed E-state index contributed by atoms with van der Waals surface area (Å²) in [5, 5.41) is 9.45. The van der Waals surface area contributed by atoms with Gasteiger partial charge in [-0.1, -0.05) is 11.6 Å². The topological polar surface area (TPSA) is 40.9 Å². The lowest BCUT2D eigenvalue weighted by Gasteiger charge is -2.03. The lowest BCUT2D eigenvalue weighted by Crippen LogP contribution is -2.13. The third kappa shape index (κ3) is 1.40. The maximum atomic E-state index is 11.8. The fourth-order valence-corrected chi connectivity index (χ4v) is 1.52. The molecule has 3 heteroatoms. The van der Waals surface area contributed by atoms with Crippen LogP contribution in [0.2, 0.25) is 5.02 Å². The predicted molar refractivity (Wildman–Crippen MR) is 53.1 cm³/mol. The number of hydrogen-bond donors (Lipinski definition) is 0. The van der Waals surface area contributed by atoms with Gasteiger partial charge in [-0.2, -0.15) is 5.26 Å². The van der Waals surface area contributed by atoms with Gasteiger partial charge < -0.3 is 0 Å². The van der Waals surface area contributed by atoms with E-state index in [0.29, 0.717) is 23.4 Å². The van der Waals surface area contributed by atoms with E-state index in [-0.39, 0.29) is 5.78 Å². The Balaban J connectivity index is 2.29. The van der Waals surface area contributed by atoms with Crippen molar-refractivity contribution in [2.45, 2.75) is 12.8 Å². The second-order valence-electron chi connectivity index (χ2n) is 3.53. The molecule has 0 N–H and O–H groups in total. The van der Waals surface area contributed by atoms with Gasteiger partial charge in [-0.05, 0) is 37.1 Å². The number of carbonyl (C=O) groups excluding carboxylic acids is 1. The van der Waals surface area contributed by atoms with E-state index < -0.39 is 5.41 Å². The molecule has 0 bridgehead atoms. The van der Waals surface area contributed by atoms with Crippen LogP contribution >= 0.6 is 11.6 Å². The van der Waals surface area contributed by atoms with E-state index in [1.54, 1.807) is 24.3 Å². The molecule has 0 spiro atoms. The van der Waals surface area contributed by atoms with Crippen LogP contribution in [0.3, 0.4) is 0 Å². The Morgan fingerprint density at radius 1 is 1.36 bits per heavy atom. The van der Waals surface area contributed by atoms with Crippen molar-refractivity contribution in [1.29, 1.82) is 5.26 Å². The zero-order chi connectivity index (χ0) is 10.2. The smallest absolute Gasteiger partial charge is 0.183 e. The third-order valence-electron chi connectivity index (χ3n) is 2.51. The van der Waals surface area contributed by atoms with Gasteiger partial charge in [-0.25, -0.2) is 0 Å². The highest BCUT2D eigenvalue weighted by molar-refractivity contribution is 6.30. The highest BCUT2D eigenvalue weighted by Crippen LogP contribution is 2.47. The first-order chi connectivity index (χ1) is 6.68. The van der Waals surface area contributed by atoms with Crippen molar-refractivity contribution < 1.29 is 4.79 Å². The number of hydrogen-bond acceptors (Lipinski definition) is 2. The molecule has 2 rings (SSSR count). The lowest BCUT2D eigenvalue weighted by atomic mass is 9.96. The molecule has 1 saturated carbocycles. The summed E-state index contributed by atoms with van der Waals surface area (Å²) in [5.74, 6) is -0.0725. The van der Waals surface area contributed by atoms with E-state index in [1.165, 1.54) is 0 Å². The van der Waals surface area contributed by atoms with E-state index >= 15 is 0 Å². The van der Waals surface area contributed by atoms with Crippen LogP contribution in [0.1, 0.15) is 23.2 Å². The zero-order valence-electron chi connectivity index (χ0n) is 7.46. The second-order valence-corrected chi connectivity index (χ2v) is 3.97. The van der Waals surface area contributed by atoms with Crippen LogP contribution in [0.15, 0.2) is 24.3 Å². The van der Waals surface area contributed by atoms with Crippen molar-refractivity contribution in [1.82, 2.24) is 0 Å². The minimum atomic E-state index is -0.728. The van der Waals surface area contributed by atoms with Gasteiger partial charge in [0.1, 0.15) is 5.41 Å². The molecule has 1 aliphatic carbocycles. The van der Waals surface area contributed by atoms with E-state index in [9.17, 15) is 4.79 Å². The quantitative estimate of drug-likeness (QED) is 0.697. The number of nitrogens with zero attached hydrogens (tertiary/aromatic N) is 1. The summed E-state index contributed by atoms with van der Waals surface area (Å²) < 4.78 is 0. The molecule has 14 heavy (non-hydrogen) atoms. The molecule has 70 valence electrons. The van der Waals surface area contributed by atoms with Crippen molar-refractivity contribution in [3.63, 3.8) is 0 Å². The Morgan fingerprint density at radius 3 is 2.36 bits per heavy atom. The third-order valence-corrected chi connectivity index (χ3v) is 2.76. The summed E-state index contributed by atoms with van der Waals surface area (Å²) >= 11 is 5.70. The molecule has 1 aromatic rings. The van der Waals surface area contributed by atoms with Crippen LogP contribution in [-0.2, 0) is 0 Å². The molecule has 2 nitrogen and oxygen atoms in total. The number of carbonyl (C=O) groups is 1. The summed E-state index contributed by atoms with van der Waals surface area (Å²) in [4.78, 5) is 11.8. The average molecular weight is 206 g/mol. The predicted octanol–water partition coefficient (Wildman–Crippen LogP) is 2.83. The van der Waals surface area contributed by atoms with Crippen molar-refractivity contribution in [2.75, 3.05) is 0 Å². The first kappa shape index (κ1) is 9.23. The SMILES string of the molecule is N#CC1(C(=O)c2ccc(Cl)cc2)CC1. The van der Waals surface area contributed by atoms with Gasteiger partial charge in [-0.3, -0.25) is 4.79 Å². The van der Waals surface area contributed by atoms with Gasteiger partial charge in [0.05, 0.1) is 6.07 Å². The molecule has 0 unspecified atom stereocenters. The van der Waals surface area contributed by atoms with Crippen LogP contribution in [0, 0.1) is 16.7 Å². The second kappa shape index (κ2) is 3.11. The highest BCUT2D eigenvalue weighted by Gasteiger charge is 2.50. The van der Waals surface area contributed by atoms with Crippen molar-refractivity contribution >= 4 is 17.4 Å². The number of Topliss-reactive ketones (excluding diaryl/α,β-unsaturated/α-hetero) is 1. The zero-order valence-corrected chi connectivity index (χ0v) is 8.21. The highest BCUT2D eigenvalue weighted by atomic mass is 35.5. The minimum Gasteiger partial charge on any atom is -0.292 e. The number of benzene rings is 1. The molecule has 0 heterocycles. The first-order valence-corrected chi connectivity index (χ1v) is 4.77. The molecule has 1 aromatic carbocycles. The van der Waals surface area contributed by atoms with Gasteiger partial charge in [0.25, 0.3) is 0 Å². The van der Waals surface area contributed by atoms with Gasteiger partial charge in [0.15, 0.2) is 5.78 Å². The van der Waals surface area contributed by atoms with Gasteiger partial charge in [0, 0.05) is 10.6 Å². The molecular formula is C11H8ClNO. The maximum Gasteiger partial charge on any atom is 0.183 e. The molecule has 1 aliphatic rings. The van der Waals surface area contributed by atoms with Crippen molar-refractivity contribution in [3.8, 4) is 6.07 Å². The summed E-state index contributed by atoms with van der Waals surface area (Å²) in [6.45, 7) is 0. The summed E-state index contributed by atoms with van der Waals surface area (Å²) in [6.07, 6.45) is 1.37. The normalized spacial score (nSPS) is 17.1. The summed E-state index contributed by atoms with van der Waals surface area (Å²) in [5.41, 5.74) is -0.151. The first-order valence-electron chi connectivity index (χ1n) is 4.40. The molecule has 0 saturated heterocycles. The van der Waals surface area contributed by atoms with E-state index in [1.807, 2.05) is 0 Å². The molecule has 0 aliphatic heterocycles. The molecule has 0 radical (unpaired) electrons. The van der Waals surface area contributed by atoms with Crippen molar-refractivity contribution in [2.24, 2.45) is 5.41 Å². The molecular weight excluding hydrogens is 198 g/mol. The Bertz CT molecular complexity index is 412. The van der Waals surface area contributed by atoms with E-state index in [0.717, 1.165) is 0 Å². The largest absolute Gasteiger partial charge is 0.292 e. The molecule has 1 fully saturated rings. The van der Waals surface area contributed by atoms with Gasteiger partial charge in [0.2, 0.25) is 0 Å². The van der Waals surface area contributed by atoms with Crippen LogP contribution in [0.4, 0.5) is 0 Å². The maximum absolute atomic E-state index is 11.8. The minimum absolute atomic E-state index is 0.0725. The number of rotatable bonds is 2. The Labute approximate surface area is 87.1 Å². The monoisotopic (exact) mass is 205 g/mol. The fraction of sp³-hybridized carbons (Fsp3) is 0.273. The average Bonchev–Trinajstić information content (AvgIpc) is 2.99. The lowest BCUT2D eigenvalue weighted by molar-refractivity contribution is 0.0934. The standard InChI is InChI=1S/C11H8ClNO/c12-9-3-1-8(2-4-9)10(14)11(7-13)5-6-11/h1-4H,5-6H2. The van der Waals surface area contributed by atoms with E-state index in [2.05, 4.69) is 6.07 Å². The van der Waals surface area contributed by atoms with Crippen LogP contribution < -0.4 is 0 Å². The van der Waals surface area contributed by atoms with Crippen LogP contribution in [0.5, 0.6) is 0 Å². The number of ketones is 1. The molecule has 0 aromatic heterocycles. The summed E-state index contributed by atoms with van der Waals surface area (Å²) in [6, 6.07) is 8.76. The van der Waals surface area contributed by atoms with Gasteiger partial charge >= 0.3 is 0 Å². The van der Waals surface area contributed by atoms with Crippen molar-refractivity contribution in [3.05, 3.63) is 34.9 Å². The van der Waals surface area contributed by atoms with Gasteiger partial charge in [-0.15, -0.1) is 0 Å². The number of nitriles is 1. The molecule has 0 atom stereocenters. The van der Waals surface area contributed by atoms with E-state index in [4.69, 9.17) is 16.9 Å². The Morgan fingerprint density at radius 2 is 1.93 bits per heavy atom. The molecule has 0 amide bonds. The Hall–Kier alpha value is -1.33.